The SMILES string of the molecule is Cc1cc(C)c(C(=O)OCC(=O)NC(C)(C)C)cc1N. The quantitative estimate of drug-likeness (QED) is 0.654. The van der Waals surface area contributed by atoms with E-state index in [-0.39, 0.29) is 18.1 Å². The third kappa shape index (κ3) is 4.57. The van der Waals surface area contributed by atoms with Gasteiger partial charge in [-0.15, -0.1) is 0 Å². The Kier molecular flexibility index (Phi) is 4.76. The average molecular weight is 278 g/mol. The Morgan fingerprint density at radius 3 is 2.35 bits per heavy atom. The summed E-state index contributed by atoms with van der Waals surface area (Å²) in [5.41, 5.74) is 8.02. The van der Waals surface area contributed by atoms with Crippen molar-refractivity contribution in [3.63, 3.8) is 0 Å². The second-order valence-electron chi connectivity index (χ2n) is 5.90. The van der Waals surface area contributed by atoms with Crippen LogP contribution in [0.2, 0.25) is 0 Å². The molecule has 0 saturated carbocycles. The molecule has 0 radical (unpaired) electrons. The molecule has 0 bridgehead atoms. The van der Waals surface area contributed by atoms with Gasteiger partial charge < -0.3 is 15.8 Å². The molecule has 20 heavy (non-hydrogen) atoms. The molecule has 0 aliphatic rings. The third-order valence-corrected chi connectivity index (χ3v) is 2.68. The highest BCUT2D eigenvalue weighted by atomic mass is 16.5. The van der Waals surface area contributed by atoms with Gasteiger partial charge in [-0.2, -0.15) is 0 Å². The van der Waals surface area contributed by atoms with Crippen molar-refractivity contribution < 1.29 is 14.3 Å². The van der Waals surface area contributed by atoms with Crippen LogP contribution in [0.5, 0.6) is 0 Å². The largest absolute Gasteiger partial charge is 0.452 e. The number of ether oxygens (including phenoxy) is 1. The lowest BCUT2D eigenvalue weighted by molar-refractivity contribution is -0.125. The zero-order valence-corrected chi connectivity index (χ0v) is 12.7. The van der Waals surface area contributed by atoms with Crippen LogP contribution in [0, 0.1) is 13.8 Å². The zero-order chi connectivity index (χ0) is 15.5. The standard InChI is InChI=1S/C15H22N2O3/c1-9-6-10(2)12(16)7-11(9)14(19)20-8-13(18)17-15(3,4)5/h6-7H,8,16H2,1-5H3,(H,17,18). The fourth-order valence-electron chi connectivity index (χ4n) is 1.75. The molecule has 0 aromatic heterocycles. The molecule has 1 rings (SSSR count). The second-order valence-corrected chi connectivity index (χ2v) is 5.90. The number of nitrogens with two attached hydrogens (primary N) is 1. The molecule has 0 spiro atoms. The number of nitrogens with one attached hydrogen (secondary N) is 1. The first-order valence-electron chi connectivity index (χ1n) is 6.45. The molecule has 110 valence electrons. The minimum Gasteiger partial charge on any atom is -0.452 e. The van der Waals surface area contributed by atoms with Crippen molar-refractivity contribution in [3.05, 3.63) is 28.8 Å². The van der Waals surface area contributed by atoms with Gasteiger partial charge >= 0.3 is 5.97 Å². The van der Waals surface area contributed by atoms with Crippen LogP contribution in [0.15, 0.2) is 12.1 Å². The fraction of sp³-hybridized carbons (Fsp3) is 0.467. The third-order valence-electron chi connectivity index (χ3n) is 2.68. The Balaban J connectivity index is 2.69. The Labute approximate surface area is 119 Å². The van der Waals surface area contributed by atoms with Crippen LogP contribution in [0.1, 0.15) is 42.3 Å². The van der Waals surface area contributed by atoms with E-state index in [0.717, 1.165) is 11.1 Å². The van der Waals surface area contributed by atoms with E-state index in [1.165, 1.54) is 0 Å². The Hall–Kier alpha value is -2.04. The summed E-state index contributed by atoms with van der Waals surface area (Å²) in [6, 6.07) is 3.40. The van der Waals surface area contributed by atoms with Gasteiger partial charge in [0.2, 0.25) is 0 Å². The number of anilines is 1. The molecular formula is C15H22N2O3. The van der Waals surface area contributed by atoms with Crippen LogP contribution in [0.3, 0.4) is 0 Å². The number of carbonyl (C=O) groups excluding carboxylic acids is 2. The summed E-state index contributed by atoms with van der Waals surface area (Å²) in [7, 11) is 0. The van der Waals surface area contributed by atoms with Crippen molar-refractivity contribution in [3.8, 4) is 0 Å². The van der Waals surface area contributed by atoms with Crippen molar-refractivity contribution in [1.82, 2.24) is 5.32 Å². The fourth-order valence-corrected chi connectivity index (χ4v) is 1.75. The number of aryl methyl sites for hydroxylation is 2. The highest BCUT2D eigenvalue weighted by Gasteiger charge is 2.17. The number of carbonyl (C=O) groups is 2. The lowest BCUT2D eigenvalue weighted by Gasteiger charge is -2.20. The number of amides is 1. The summed E-state index contributed by atoms with van der Waals surface area (Å²) in [5, 5.41) is 2.72. The molecule has 0 unspecified atom stereocenters. The summed E-state index contributed by atoms with van der Waals surface area (Å²) in [6.07, 6.45) is 0. The molecule has 3 N–H and O–H groups in total. The Morgan fingerprint density at radius 1 is 1.20 bits per heavy atom. The summed E-state index contributed by atoms with van der Waals surface area (Å²) in [6.45, 7) is 8.95. The predicted molar refractivity (Wildman–Crippen MR) is 78.5 cm³/mol. The maximum absolute atomic E-state index is 11.9. The highest BCUT2D eigenvalue weighted by molar-refractivity contribution is 5.93. The van der Waals surface area contributed by atoms with E-state index in [1.54, 1.807) is 13.0 Å². The summed E-state index contributed by atoms with van der Waals surface area (Å²) >= 11 is 0. The first-order chi connectivity index (χ1) is 9.10. The molecule has 5 nitrogen and oxygen atoms in total. The van der Waals surface area contributed by atoms with E-state index >= 15 is 0 Å². The topological polar surface area (TPSA) is 81.4 Å². The minimum absolute atomic E-state index is 0.302. The molecule has 0 aliphatic heterocycles. The molecule has 1 amide bonds. The molecule has 0 aliphatic carbocycles. The molecule has 0 heterocycles. The molecular weight excluding hydrogens is 256 g/mol. The minimum atomic E-state index is -0.543. The summed E-state index contributed by atoms with van der Waals surface area (Å²) in [4.78, 5) is 23.5. The van der Waals surface area contributed by atoms with Gasteiger partial charge in [0.05, 0.1) is 5.56 Å². The van der Waals surface area contributed by atoms with Crippen LogP contribution in [-0.2, 0) is 9.53 Å². The Morgan fingerprint density at radius 2 is 1.80 bits per heavy atom. The maximum atomic E-state index is 11.9. The van der Waals surface area contributed by atoms with Gasteiger partial charge in [-0.05, 0) is 51.8 Å². The van der Waals surface area contributed by atoms with Gasteiger partial charge in [0.1, 0.15) is 0 Å². The molecule has 1 aromatic rings. The zero-order valence-electron chi connectivity index (χ0n) is 12.7. The van der Waals surface area contributed by atoms with Crippen LogP contribution < -0.4 is 11.1 Å². The van der Waals surface area contributed by atoms with Crippen LogP contribution >= 0.6 is 0 Å². The number of esters is 1. The highest BCUT2D eigenvalue weighted by Crippen LogP contribution is 2.18. The first kappa shape index (κ1) is 16.0. The van der Waals surface area contributed by atoms with Gasteiger partial charge in [-0.3, -0.25) is 4.79 Å². The van der Waals surface area contributed by atoms with Crippen LogP contribution in [-0.4, -0.2) is 24.0 Å². The van der Waals surface area contributed by atoms with Gasteiger partial charge in [-0.1, -0.05) is 6.07 Å². The summed E-state index contributed by atoms with van der Waals surface area (Å²) < 4.78 is 5.00. The number of nitrogen functional groups attached to an aromatic ring is 1. The normalized spacial score (nSPS) is 11.1. The van der Waals surface area contributed by atoms with E-state index in [2.05, 4.69) is 5.32 Å². The van der Waals surface area contributed by atoms with Gasteiger partial charge in [-0.25, -0.2) is 4.79 Å². The van der Waals surface area contributed by atoms with Crippen molar-refractivity contribution in [1.29, 1.82) is 0 Å². The average Bonchev–Trinajstić information content (AvgIpc) is 2.28. The smallest absolute Gasteiger partial charge is 0.338 e. The first-order valence-corrected chi connectivity index (χ1v) is 6.45. The molecule has 1 aromatic carbocycles. The van der Waals surface area contributed by atoms with Crippen molar-refractivity contribution in [2.45, 2.75) is 40.2 Å². The number of rotatable bonds is 3. The monoisotopic (exact) mass is 278 g/mol. The van der Waals surface area contributed by atoms with Crippen molar-refractivity contribution in [2.24, 2.45) is 0 Å². The van der Waals surface area contributed by atoms with Gasteiger partial charge in [0, 0.05) is 11.2 Å². The van der Waals surface area contributed by atoms with E-state index in [4.69, 9.17) is 10.5 Å². The van der Waals surface area contributed by atoms with Crippen molar-refractivity contribution in [2.75, 3.05) is 12.3 Å². The molecule has 0 fully saturated rings. The lowest BCUT2D eigenvalue weighted by Crippen LogP contribution is -2.42. The van der Waals surface area contributed by atoms with E-state index in [1.807, 2.05) is 33.8 Å². The maximum Gasteiger partial charge on any atom is 0.338 e. The van der Waals surface area contributed by atoms with E-state index in [9.17, 15) is 9.59 Å². The van der Waals surface area contributed by atoms with Crippen LogP contribution in [0.4, 0.5) is 5.69 Å². The number of hydrogen-bond donors (Lipinski definition) is 2. The van der Waals surface area contributed by atoms with Crippen molar-refractivity contribution >= 4 is 17.6 Å². The van der Waals surface area contributed by atoms with Crippen LogP contribution in [0.25, 0.3) is 0 Å². The Bertz CT molecular complexity index is 531. The van der Waals surface area contributed by atoms with Gasteiger partial charge in [0.25, 0.3) is 5.91 Å². The van der Waals surface area contributed by atoms with Gasteiger partial charge in [0.15, 0.2) is 6.61 Å². The predicted octanol–water partition coefficient (Wildman–Crippen LogP) is 1.96. The molecule has 0 atom stereocenters. The number of hydrogen-bond acceptors (Lipinski definition) is 4. The molecule has 5 heteroatoms. The number of benzene rings is 1. The second kappa shape index (κ2) is 5.94. The lowest BCUT2D eigenvalue weighted by atomic mass is 10.0. The summed E-state index contributed by atoms with van der Waals surface area (Å²) in [5.74, 6) is -0.873. The van der Waals surface area contributed by atoms with E-state index in [0.29, 0.717) is 11.3 Å². The molecule has 0 saturated heterocycles. The van der Waals surface area contributed by atoms with E-state index < -0.39 is 5.97 Å².